The molecule has 0 unspecified atom stereocenters. The lowest BCUT2D eigenvalue weighted by molar-refractivity contribution is 0.0893. The number of benzene rings is 2. The minimum Gasteiger partial charge on any atom is -0.207 e. The first-order valence-electron chi connectivity index (χ1n) is 9.93. The molecule has 1 fully saturated rings. The SMILES string of the molecule is Cc1ccc(S(=O)(=O)N2C[C@H]3C(=CC2(C)C)C(C)(C)[C@@H]3c2ccccc2)cc1. The van der Waals surface area contributed by atoms with Crippen molar-refractivity contribution in [3.63, 3.8) is 0 Å². The number of sulfonamides is 1. The van der Waals surface area contributed by atoms with Crippen molar-refractivity contribution in [3.8, 4) is 0 Å². The van der Waals surface area contributed by atoms with Crippen LogP contribution in [0, 0.1) is 18.3 Å². The Morgan fingerprint density at radius 2 is 1.54 bits per heavy atom. The Morgan fingerprint density at radius 1 is 0.929 bits per heavy atom. The van der Waals surface area contributed by atoms with Crippen molar-refractivity contribution in [1.29, 1.82) is 0 Å². The fraction of sp³-hybridized carbons (Fsp3) is 0.417. The molecule has 1 heterocycles. The van der Waals surface area contributed by atoms with Crippen LogP contribution in [0.5, 0.6) is 0 Å². The van der Waals surface area contributed by atoms with Gasteiger partial charge in [0, 0.05) is 23.9 Å². The summed E-state index contributed by atoms with van der Waals surface area (Å²) in [5, 5.41) is 0. The summed E-state index contributed by atoms with van der Waals surface area (Å²) in [6.07, 6.45) is 2.20. The third kappa shape index (κ3) is 2.85. The van der Waals surface area contributed by atoms with Crippen LogP contribution >= 0.6 is 0 Å². The topological polar surface area (TPSA) is 37.4 Å². The van der Waals surface area contributed by atoms with Gasteiger partial charge in [0.25, 0.3) is 0 Å². The number of hydrogen-bond donors (Lipinski definition) is 0. The lowest BCUT2D eigenvalue weighted by atomic mass is 9.48. The molecule has 2 aromatic rings. The predicted octanol–water partition coefficient (Wildman–Crippen LogP) is 5.14. The molecule has 4 rings (SSSR count). The monoisotopic (exact) mass is 395 g/mol. The van der Waals surface area contributed by atoms with Gasteiger partial charge in [-0.2, -0.15) is 4.31 Å². The number of fused-ring (bicyclic) bond motifs is 1. The lowest BCUT2D eigenvalue weighted by Crippen LogP contribution is -2.59. The average Bonchev–Trinajstić information content (AvgIpc) is 2.63. The summed E-state index contributed by atoms with van der Waals surface area (Å²) in [7, 11) is -3.56. The van der Waals surface area contributed by atoms with Gasteiger partial charge in [-0.25, -0.2) is 8.42 Å². The molecule has 0 N–H and O–H groups in total. The van der Waals surface area contributed by atoms with Crippen molar-refractivity contribution in [1.82, 2.24) is 4.31 Å². The van der Waals surface area contributed by atoms with Gasteiger partial charge in [-0.05, 0) is 43.9 Å². The van der Waals surface area contributed by atoms with Crippen LogP contribution in [0.25, 0.3) is 0 Å². The number of nitrogens with zero attached hydrogens (tertiary/aromatic N) is 1. The molecule has 0 bridgehead atoms. The highest BCUT2D eigenvalue weighted by Gasteiger charge is 2.57. The maximum Gasteiger partial charge on any atom is 0.243 e. The third-order valence-electron chi connectivity index (χ3n) is 6.61. The van der Waals surface area contributed by atoms with Crippen molar-refractivity contribution in [2.24, 2.45) is 11.3 Å². The Morgan fingerprint density at radius 3 is 2.14 bits per heavy atom. The molecular weight excluding hydrogens is 366 g/mol. The largest absolute Gasteiger partial charge is 0.243 e. The lowest BCUT2D eigenvalue weighted by Gasteiger charge is -2.60. The van der Waals surface area contributed by atoms with Gasteiger partial charge >= 0.3 is 0 Å². The molecule has 1 saturated carbocycles. The summed E-state index contributed by atoms with van der Waals surface area (Å²) < 4.78 is 28.7. The second kappa shape index (κ2) is 6.30. The van der Waals surface area contributed by atoms with Crippen LogP contribution in [0.15, 0.2) is 71.1 Å². The molecule has 2 atom stereocenters. The zero-order valence-corrected chi connectivity index (χ0v) is 18.1. The third-order valence-corrected chi connectivity index (χ3v) is 8.67. The van der Waals surface area contributed by atoms with Gasteiger partial charge in [-0.15, -0.1) is 0 Å². The highest BCUT2D eigenvalue weighted by atomic mass is 32.2. The molecule has 0 amide bonds. The molecule has 1 aliphatic carbocycles. The molecule has 148 valence electrons. The molecule has 2 aliphatic rings. The van der Waals surface area contributed by atoms with Crippen molar-refractivity contribution in [3.05, 3.63) is 77.4 Å². The molecule has 4 heteroatoms. The Hall–Kier alpha value is -1.91. The molecule has 1 aliphatic heterocycles. The maximum absolute atomic E-state index is 13.5. The van der Waals surface area contributed by atoms with Gasteiger partial charge in [0.15, 0.2) is 0 Å². The molecular formula is C24H29NO2S. The van der Waals surface area contributed by atoms with Gasteiger partial charge in [0.1, 0.15) is 0 Å². The van der Waals surface area contributed by atoms with Crippen LogP contribution in [-0.2, 0) is 10.0 Å². The highest BCUT2D eigenvalue weighted by Crippen LogP contribution is 2.63. The van der Waals surface area contributed by atoms with Gasteiger partial charge in [0.2, 0.25) is 10.0 Å². The van der Waals surface area contributed by atoms with Crippen molar-refractivity contribution >= 4 is 10.0 Å². The normalized spacial score (nSPS) is 26.1. The van der Waals surface area contributed by atoms with Crippen LogP contribution in [0.4, 0.5) is 0 Å². The molecule has 0 saturated heterocycles. The first-order valence-corrected chi connectivity index (χ1v) is 11.4. The summed E-state index contributed by atoms with van der Waals surface area (Å²) in [6, 6.07) is 17.7. The second-order valence-corrected chi connectivity index (χ2v) is 11.2. The quantitative estimate of drug-likeness (QED) is 0.675. The van der Waals surface area contributed by atoms with E-state index in [9.17, 15) is 8.42 Å². The maximum atomic E-state index is 13.5. The Bertz CT molecular complexity index is 1020. The number of aryl methyl sites for hydroxylation is 1. The van der Waals surface area contributed by atoms with Gasteiger partial charge in [-0.1, -0.05) is 73.5 Å². The van der Waals surface area contributed by atoms with Gasteiger partial charge in [0.05, 0.1) is 4.90 Å². The van der Waals surface area contributed by atoms with E-state index in [0.29, 0.717) is 17.4 Å². The van der Waals surface area contributed by atoms with E-state index in [0.717, 1.165) is 5.56 Å². The van der Waals surface area contributed by atoms with E-state index < -0.39 is 15.6 Å². The van der Waals surface area contributed by atoms with Crippen molar-refractivity contribution < 1.29 is 8.42 Å². The molecule has 2 aromatic carbocycles. The molecule has 28 heavy (non-hydrogen) atoms. The van der Waals surface area contributed by atoms with Gasteiger partial charge in [-0.3, -0.25) is 0 Å². The van der Waals surface area contributed by atoms with E-state index in [1.54, 1.807) is 16.4 Å². The zero-order chi connectivity index (χ0) is 20.3. The van der Waals surface area contributed by atoms with E-state index in [1.807, 2.05) is 39.0 Å². The standard InChI is InChI=1S/C24H29NO2S/c1-17-11-13-19(14-12-17)28(26,27)25-16-20-21(15-23(25,2)3)24(4,5)22(20)18-9-7-6-8-10-18/h6-15,20,22H,16H2,1-5H3/t20-,22+/m0/s1. The Kier molecular flexibility index (Phi) is 4.36. The second-order valence-electron chi connectivity index (χ2n) is 9.32. The van der Waals surface area contributed by atoms with Crippen LogP contribution in [0.2, 0.25) is 0 Å². The summed E-state index contributed by atoms with van der Waals surface area (Å²) in [4.78, 5) is 0.373. The van der Waals surface area contributed by atoms with Crippen LogP contribution < -0.4 is 0 Å². The van der Waals surface area contributed by atoms with Gasteiger partial charge < -0.3 is 0 Å². The predicted molar refractivity (Wildman–Crippen MR) is 114 cm³/mol. The average molecular weight is 396 g/mol. The number of hydrogen-bond acceptors (Lipinski definition) is 2. The Balaban J connectivity index is 1.75. The van der Waals surface area contributed by atoms with Crippen molar-refractivity contribution in [2.45, 2.75) is 51.0 Å². The first kappa shape index (κ1) is 19.4. The molecule has 3 nitrogen and oxygen atoms in total. The van der Waals surface area contributed by atoms with E-state index >= 15 is 0 Å². The summed E-state index contributed by atoms with van der Waals surface area (Å²) >= 11 is 0. The highest BCUT2D eigenvalue weighted by molar-refractivity contribution is 7.89. The summed E-state index contributed by atoms with van der Waals surface area (Å²) in [5.41, 5.74) is 3.24. The van der Waals surface area contributed by atoms with Crippen molar-refractivity contribution in [2.75, 3.05) is 6.54 Å². The van der Waals surface area contributed by atoms with Crippen LogP contribution in [0.3, 0.4) is 0 Å². The zero-order valence-electron chi connectivity index (χ0n) is 17.3. The first-order chi connectivity index (χ1) is 13.0. The van der Waals surface area contributed by atoms with Crippen LogP contribution in [-0.4, -0.2) is 24.8 Å². The number of rotatable bonds is 3. The van der Waals surface area contributed by atoms with E-state index in [2.05, 4.69) is 44.2 Å². The summed E-state index contributed by atoms with van der Waals surface area (Å²) in [6.45, 7) is 11.1. The van der Waals surface area contributed by atoms with E-state index in [1.165, 1.54) is 11.1 Å². The van der Waals surface area contributed by atoms with Crippen LogP contribution in [0.1, 0.15) is 44.7 Å². The fourth-order valence-electron chi connectivity index (χ4n) is 5.16. The minimum absolute atomic E-state index is 0.0446. The molecule has 0 aromatic heterocycles. The Labute approximate surface area is 169 Å². The minimum atomic E-state index is -3.56. The smallest absolute Gasteiger partial charge is 0.207 e. The van der Waals surface area contributed by atoms with E-state index in [4.69, 9.17) is 0 Å². The fourth-order valence-corrected chi connectivity index (χ4v) is 6.93. The molecule has 0 spiro atoms. The summed E-state index contributed by atoms with van der Waals surface area (Å²) in [5.74, 6) is 0.553. The molecule has 0 radical (unpaired) electrons. The van der Waals surface area contributed by atoms with E-state index in [-0.39, 0.29) is 11.3 Å².